The summed E-state index contributed by atoms with van der Waals surface area (Å²) in [6.07, 6.45) is 3.34. The van der Waals surface area contributed by atoms with Crippen LogP contribution in [0.2, 0.25) is 5.02 Å². The van der Waals surface area contributed by atoms with Crippen LogP contribution in [-0.4, -0.2) is 41.8 Å². The Bertz CT molecular complexity index is 1110. The number of ether oxygens (including phenoxy) is 3. The van der Waals surface area contributed by atoms with Crippen LogP contribution in [0.5, 0.6) is 11.5 Å². The van der Waals surface area contributed by atoms with Crippen LogP contribution in [0, 0.1) is 0 Å². The van der Waals surface area contributed by atoms with Gasteiger partial charge in [-0.3, -0.25) is 0 Å². The average Bonchev–Trinajstić information content (AvgIpc) is 2.83. The first kappa shape index (κ1) is 26.6. The number of phenols is 1. The van der Waals surface area contributed by atoms with Gasteiger partial charge < -0.3 is 24.2 Å². The molecule has 0 aromatic heterocycles. The molecule has 0 atom stereocenters. The number of esters is 2. The summed E-state index contributed by atoms with van der Waals surface area (Å²) in [6.45, 7) is 6.28. The minimum Gasteiger partial charge on any atom is -0.503 e. The summed E-state index contributed by atoms with van der Waals surface area (Å²) in [7, 11) is 0. The van der Waals surface area contributed by atoms with Gasteiger partial charge in [0.25, 0.3) is 0 Å². The number of carbonyl (C=O) groups is 2. The number of rotatable bonds is 9. The highest BCUT2D eigenvalue weighted by atomic mass is 79.9. The first-order valence-corrected chi connectivity index (χ1v) is 12.4. The number of aromatic hydroxyl groups is 1. The Morgan fingerprint density at radius 2 is 1.54 bits per heavy atom. The van der Waals surface area contributed by atoms with Gasteiger partial charge in [0, 0.05) is 24.0 Å². The molecule has 0 fully saturated rings. The van der Waals surface area contributed by atoms with E-state index in [1.807, 2.05) is 12.1 Å². The second kappa shape index (κ2) is 12.1. The largest absolute Gasteiger partial charge is 0.503 e. The maximum absolute atomic E-state index is 13.1. The second-order valence-electron chi connectivity index (χ2n) is 7.62. The van der Waals surface area contributed by atoms with Crippen LogP contribution in [0.15, 0.2) is 64.4 Å². The maximum Gasteiger partial charge on any atom is 0.336 e. The smallest absolute Gasteiger partial charge is 0.336 e. The van der Waals surface area contributed by atoms with Crippen molar-refractivity contribution in [1.29, 1.82) is 0 Å². The minimum atomic E-state index is -0.800. The molecule has 0 radical (unpaired) electrons. The SMILES string of the molecule is CCOC(=O)C1=CN(Cc2ccc(Cl)cc2)C=C(C(=O)OCC)C1c1cc(Br)c(O)c(OCC)c1. The highest BCUT2D eigenvalue weighted by Crippen LogP contribution is 2.43. The Balaban J connectivity index is 2.15. The molecule has 0 aliphatic carbocycles. The monoisotopic (exact) mass is 563 g/mol. The van der Waals surface area contributed by atoms with Gasteiger partial charge in [-0.05, 0) is 72.1 Å². The Hall–Kier alpha value is -2.97. The molecule has 0 unspecified atom stereocenters. The van der Waals surface area contributed by atoms with E-state index in [-0.39, 0.29) is 35.9 Å². The number of phenolic OH excluding ortho intramolecular Hbond substituents is 1. The lowest BCUT2D eigenvalue weighted by Gasteiger charge is -2.31. The molecule has 0 bridgehead atoms. The van der Waals surface area contributed by atoms with Crippen LogP contribution in [0.25, 0.3) is 0 Å². The van der Waals surface area contributed by atoms with Crippen molar-refractivity contribution in [2.45, 2.75) is 33.2 Å². The Morgan fingerprint density at radius 1 is 0.971 bits per heavy atom. The molecule has 9 heteroatoms. The predicted octanol–water partition coefficient (Wildman–Crippen LogP) is 5.70. The summed E-state index contributed by atoms with van der Waals surface area (Å²) in [5.41, 5.74) is 2.00. The van der Waals surface area contributed by atoms with Gasteiger partial charge in [0.15, 0.2) is 11.5 Å². The number of carbonyl (C=O) groups excluding carboxylic acids is 2. The molecule has 1 heterocycles. The number of hydrogen-bond donors (Lipinski definition) is 1. The number of benzene rings is 2. The Morgan fingerprint density at radius 3 is 2.06 bits per heavy atom. The van der Waals surface area contributed by atoms with Gasteiger partial charge in [-0.2, -0.15) is 0 Å². The van der Waals surface area contributed by atoms with Crippen molar-refractivity contribution in [3.05, 3.63) is 80.6 Å². The van der Waals surface area contributed by atoms with Crippen LogP contribution < -0.4 is 4.74 Å². The lowest BCUT2D eigenvalue weighted by molar-refractivity contribution is -0.139. The summed E-state index contributed by atoms with van der Waals surface area (Å²) in [6, 6.07) is 10.6. The molecule has 0 saturated heterocycles. The third-order valence-electron chi connectivity index (χ3n) is 5.22. The molecule has 186 valence electrons. The van der Waals surface area contributed by atoms with Gasteiger partial charge in [0.05, 0.1) is 41.4 Å². The zero-order valence-electron chi connectivity index (χ0n) is 19.7. The van der Waals surface area contributed by atoms with Gasteiger partial charge in [-0.15, -0.1) is 0 Å². The minimum absolute atomic E-state index is 0.0703. The average molecular weight is 565 g/mol. The Labute approximate surface area is 218 Å². The molecule has 1 N–H and O–H groups in total. The maximum atomic E-state index is 13.1. The quantitative estimate of drug-likeness (QED) is 0.391. The zero-order valence-corrected chi connectivity index (χ0v) is 22.1. The lowest BCUT2D eigenvalue weighted by Crippen LogP contribution is -2.29. The molecule has 3 rings (SSSR count). The lowest BCUT2D eigenvalue weighted by atomic mass is 9.83. The first-order chi connectivity index (χ1) is 16.8. The third-order valence-corrected chi connectivity index (χ3v) is 6.07. The van der Waals surface area contributed by atoms with Crippen molar-refractivity contribution in [3.63, 3.8) is 0 Å². The molecular formula is C26H27BrClNO6. The molecule has 2 aromatic carbocycles. The van der Waals surface area contributed by atoms with Crippen molar-refractivity contribution in [2.24, 2.45) is 0 Å². The molecular weight excluding hydrogens is 538 g/mol. The van der Waals surface area contributed by atoms with E-state index in [2.05, 4.69) is 15.9 Å². The zero-order chi connectivity index (χ0) is 25.5. The predicted molar refractivity (Wildman–Crippen MR) is 136 cm³/mol. The van der Waals surface area contributed by atoms with E-state index in [1.165, 1.54) is 0 Å². The van der Waals surface area contributed by atoms with Crippen LogP contribution in [-0.2, 0) is 25.6 Å². The van der Waals surface area contributed by atoms with E-state index in [0.29, 0.717) is 28.2 Å². The summed E-state index contributed by atoms with van der Waals surface area (Å²) in [4.78, 5) is 28.0. The standard InChI is InChI=1S/C26H27BrClNO6/c1-4-33-22-12-17(11-21(27)24(22)30)23-19(25(31)34-5-2)14-29(15-20(23)26(32)35-6-3)13-16-7-9-18(28)10-8-16/h7-12,14-15,23,30H,4-6,13H2,1-3H3. The van der Waals surface area contributed by atoms with E-state index < -0.39 is 17.9 Å². The van der Waals surface area contributed by atoms with Crippen LogP contribution in [0.3, 0.4) is 0 Å². The molecule has 35 heavy (non-hydrogen) atoms. The van der Waals surface area contributed by atoms with Crippen molar-refractivity contribution in [1.82, 2.24) is 4.90 Å². The van der Waals surface area contributed by atoms with Crippen LogP contribution in [0.4, 0.5) is 0 Å². The highest BCUT2D eigenvalue weighted by molar-refractivity contribution is 9.10. The van der Waals surface area contributed by atoms with Gasteiger partial charge in [0.1, 0.15) is 0 Å². The van der Waals surface area contributed by atoms with Crippen molar-refractivity contribution < 1.29 is 28.9 Å². The van der Waals surface area contributed by atoms with Gasteiger partial charge >= 0.3 is 11.9 Å². The first-order valence-electron chi connectivity index (χ1n) is 11.2. The van der Waals surface area contributed by atoms with Crippen molar-refractivity contribution in [3.8, 4) is 11.5 Å². The van der Waals surface area contributed by atoms with Crippen molar-refractivity contribution >= 4 is 39.5 Å². The fourth-order valence-corrected chi connectivity index (χ4v) is 4.34. The van der Waals surface area contributed by atoms with E-state index in [9.17, 15) is 14.7 Å². The molecule has 0 saturated carbocycles. The summed E-state index contributed by atoms with van der Waals surface area (Å²) in [5, 5.41) is 11.0. The third kappa shape index (κ3) is 6.38. The Kier molecular flexibility index (Phi) is 9.23. The summed E-state index contributed by atoms with van der Waals surface area (Å²) >= 11 is 9.36. The fourth-order valence-electron chi connectivity index (χ4n) is 3.76. The van der Waals surface area contributed by atoms with Crippen molar-refractivity contribution in [2.75, 3.05) is 19.8 Å². The molecule has 1 aliphatic heterocycles. The summed E-state index contributed by atoms with van der Waals surface area (Å²) < 4.78 is 16.6. The molecule has 0 spiro atoms. The molecule has 7 nitrogen and oxygen atoms in total. The van der Waals surface area contributed by atoms with E-state index in [4.69, 9.17) is 25.8 Å². The number of halogens is 2. The van der Waals surface area contributed by atoms with Gasteiger partial charge in [0.2, 0.25) is 0 Å². The van der Waals surface area contributed by atoms with Gasteiger partial charge in [-0.25, -0.2) is 9.59 Å². The topological polar surface area (TPSA) is 85.3 Å². The second-order valence-corrected chi connectivity index (χ2v) is 8.91. The number of hydrogen-bond acceptors (Lipinski definition) is 7. The highest BCUT2D eigenvalue weighted by Gasteiger charge is 2.36. The van der Waals surface area contributed by atoms with Crippen LogP contribution >= 0.6 is 27.5 Å². The summed E-state index contributed by atoms with van der Waals surface area (Å²) in [5.74, 6) is -1.76. The molecule has 0 amide bonds. The number of nitrogens with zero attached hydrogens (tertiary/aromatic N) is 1. The van der Waals surface area contributed by atoms with E-state index >= 15 is 0 Å². The molecule has 2 aromatic rings. The molecule has 1 aliphatic rings. The van der Waals surface area contributed by atoms with Crippen LogP contribution in [0.1, 0.15) is 37.8 Å². The van der Waals surface area contributed by atoms with E-state index in [0.717, 1.165) is 5.56 Å². The fraction of sp³-hybridized carbons (Fsp3) is 0.308. The van der Waals surface area contributed by atoms with E-state index in [1.54, 1.807) is 62.3 Å². The normalized spacial score (nSPS) is 13.7. The van der Waals surface area contributed by atoms with Gasteiger partial charge in [-0.1, -0.05) is 23.7 Å².